The Balaban J connectivity index is 1.86. The van der Waals surface area contributed by atoms with Crippen LogP contribution in [0.5, 0.6) is 5.75 Å². The van der Waals surface area contributed by atoms with Crippen molar-refractivity contribution in [3.05, 3.63) is 59.7 Å². The molecule has 0 heterocycles. The van der Waals surface area contributed by atoms with Gasteiger partial charge in [0.1, 0.15) is 5.75 Å². The highest BCUT2D eigenvalue weighted by Gasteiger charge is 2.21. The standard InChI is InChI=1S/C20H24N2O3/c1-14-5-9-17(10-6-14)21-19(23)13-22(4)20(24)16(3)25-18-11-7-15(2)8-12-18/h5-12,16H,13H2,1-4H3,(H,21,23). The number of likely N-dealkylation sites (N-methyl/N-ethyl adjacent to an activating group) is 1. The molecule has 0 spiro atoms. The van der Waals surface area contributed by atoms with E-state index in [0.717, 1.165) is 11.1 Å². The van der Waals surface area contributed by atoms with Crippen molar-refractivity contribution < 1.29 is 14.3 Å². The van der Waals surface area contributed by atoms with Crippen molar-refractivity contribution in [1.82, 2.24) is 4.90 Å². The van der Waals surface area contributed by atoms with E-state index < -0.39 is 6.10 Å². The highest BCUT2D eigenvalue weighted by molar-refractivity contribution is 5.95. The lowest BCUT2D eigenvalue weighted by atomic mass is 10.2. The molecule has 5 heteroatoms. The molecule has 0 aliphatic carbocycles. The second-order valence-corrected chi connectivity index (χ2v) is 6.18. The lowest BCUT2D eigenvalue weighted by molar-refractivity contribution is -0.139. The van der Waals surface area contributed by atoms with Gasteiger partial charge < -0.3 is 15.0 Å². The van der Waals surface area contributed by atoms with Gasteiger partial charge >= 0.3 is 0 Å². The summed E-state index contributed by atoms with van der Waals surface area (Å²) in [6, 6.07) is 15.0. The van der Waals surface area contributed by atoms with Crippen molar-refractivity contribution in [1.29, 1.82) is 0 Å². The van der Waals surface area contributed by atoms with Gasteiger partial charge in [-0.1, -0.05) is 35.4 Å². The first-order valence-electron chi connectivity index (χ1n) is 8.20. The first-order valence-corrected chi connectivity index (χ1v) is 8.20. The monoisotopic (exact) mass is 340 g/mol. The van der Waals surface area contributed by atoms with Crippen LogP contribution in [0.3, 0.4) is 0 Å². The van der Waals surface area contributed by atoms with E-state index >= 15 is 0 Å². The molecule has 25 heavy (non-hydrogen) atoms. The third kappa shape index (κ3) is 5.64. The number of ether oxygens (including phenoxy) is 1. The maximum absolute atomic E-state index is 12.4. The Kier molecular flexibility index (Phi) is 6.17. The van der Waals surface area contributed by atoms with Crippen molar-refractivity contribution in [2.75, 3.05) is 18.9 Å². The number of aryl methyl sites for hydroxylation is 2. The summed E-state index contributed by atoms with van der Waals surface area (Å²) in [4.78, 5) is 25.8. The number of carbonyl (C=O) groups excluding carboxylic acids is 2. The van der Waals surface area contributed by atoms with Gasteiger partial charge in [0.2, 0.25) is 5.91 Å². The molecule has 0 saturated carbocycles. The first-order chi connectivity index (χ1) is 11.8. The fraction of sp³-hybridized carbons (Fsp3) is 0.300. The molecule has 1 atom stereocenters. The van der Waals surface area contributed by atoms with Crippen LogP contribution in [0.2, 0.25) is 0 Å². The Bertz CT molecular complexity index is 724. The summed E-state index contributed by atoms with van der Waals surface area (Å²) in [6.07, 6.45) is -0.667. The van der Waals surface area contributed by atoms with Crippen LogP contribution in [0.15, 0.2) is 48.5 Å². The number of hydrogen-bond acceptors (Lipinski definition) is 3. The van der Waals surface area contributed by atoms with Gasteiger partial charge in [-0.2, -0.15) is 0 Å². The third-order valence-corrected chi connectivity index (χ3v) is 3.77. The summed E-state index contributed by atoms with van der Waals surface area (Å²) in [5, 5.41) is 2.78. The fourth-order valence-corrected chi connectivity index (χ4v) is 2.31. The first kappa shape index (κ1) is 18.5. The van der Waals surface area contributed by atoms with E-state index in [1.807, 2.05) is 62.4 Å². The van der Waals surface area contributed by atoms with Crippen molar-refractivity contribution in [3.8, 4) is 5.75 Å². The van der Waals surface area contributed by atoms with Crippen LogP contribution in [-0.2, 0) is 9.59 Å². The van der Waals surface area contributed by atoms with Gasteiger partial charge in [-0.05, 0) is 45.0 Å². The molecule has 2 amide bonds. The van der Waals surface area contributed by atoms with Gasteiger partial charge in [0, 0.05) is 12.7 Å². The molecule has 5 nitrogen and oxygen atoms in total. The molecule has 1 unspecified atom stereocenters. The lowest BCUT2D eigenvalue weighted by Crippen LogP contribution is -2.41. The molecule has 132 valence electrons. The SMILES string of the molecule is Cc1ccc(NC(=O)CN(C)C(=O)C(C)Oc2ccc(C)cc2)cc1. The number of benzene rings is 2. The van der Waals surface area contributed by atoms with Crippen LogP contribution in [0.4, 0.5) is 5.69 Å². The van der Waals surface area contributed by atoms with Crippen LogP contribution in [0.25, 0.3) is 0 Å². The molecule has 1 N–H and O–H groups in total. The van der Waals surface area contributed by atoms with Gasteiger partial charge in [0.15, 0.2) is 6.10 Å². The zero-order valence-corrected chi connectivity index (χ0v) is 15.1. The second-order valence-electron chi connectivity index (χ2n) is 6.18. The summed E-state index contributed by atoms with van der Waals surface area (Å²) in [5.74, 6) is 0.130. The zero-order valence-electron chi connectivity index (χ0n) is 15.1. The molecule has 0 radical (unpaired) electrons. The Hall–Kier alpha value is -2.82. The van der Waals surface area contributed by atoms with Crippen LogP contribution in [0.1, 0.15) is 18.1 Å². The zero-order chi connectivity index (χ0) is 18.4. The number of amides is 2. The molecule has 0 aliphatic rings. The number of rotatable bonds is 6. The van der Waals surface area contributed by atoms with Crippen molar-refractivity contribution in [2.24, 2.45) is 0 Å². The topological polar surface area (TPSA) is 58.6 Å². The Morgan fingerprint density at radius 3 is 2.08 bits per heavy atom. The number of anilines is 1. The number of nitrogens with one attached hydrogen (secondary N) is 1. The van der Waals surface area contributed by atoms with Crippen LogP contribution in [0, 0.1) is 13.8 Å². The van der Waals surface area contributed by atoms with E-state index in [0.29, 0.717) is 11.4 Å². The van der Waals surface area contributed by atoms with Crippen molar-refractivity contribution >= 4 is 17.5 Å². The van der Waals surface area contributed by atoms with Crippen molar-refractivity contribution in [3.63, 3.8) is 0 Å². The minimum absolute atomic E-state index is 0.0334. The number of hydrogen-bond donors (Lipinski definition) is 1. The molecule has 0 bridgehead atoms. The summed E-state index contributed by atoms with van der Waals surface area (Å²) in [6.45, 7) is 5.61. The van der Waals surface area contributed by atoms with E-state index in [9.17, 15) is 9.59 Å². The second kappa shape index (κ2) is 8.33. The minimum Gasteiger partial charge on any atom is -0.481 e. The number of nitrogens with zero attached hydrogens (tertiary/aromatic N) is 1. The normalized spacial score (nSPS) is 11.5. The molecular formula is C20H24N2O3. The van der Waals surface area contributed by atoms with Crippen LogP contribution >= 0.6 is 0 Å². The highest BCUT2D eigenvalue weighted by Crippen LogP contribution is 2.14. The van der Waals surface area contributed by atoms with Gasteiger partial charge in [0.05, 0.1) is 6.54 Å². The van der Waals surface area contributed by atoms with E-state index in [1.54, 1.807) is 14.0 Å². The van der Waals surface area contributed by atoms with Gasteiger partial charge in [-0.25, -0.2) is 0 Å². The molecule has 0 saturated heterocycles. The summed E-state index contributed by atoms with van der Waals surface area (Å²) in [5.41, 5.74) is 2.95. The summed E-state index contributed by atoms with van der Waals surface area (Å²) in [7, 11) is 1.59. The summed E-state index contributed by atoms with van der Waals surface area (Å²) < 4.78 is 5.64. The minimum atomic E-state index is -0.667. The van der Waals surface area contributed by atoms with Gasteiger partial charge in [-0.15, -0.1) is 0 Å². The quantitative estimate of drug-likeness (QED) is 0.879. The maximum atomic E-state index is 12.4. The van der Waals surface area contributed by atoms with E-state index in [1.165, 1.54) is 4.90 Å². The van der Waals surface area contributed by atoms with E-state index in [2.05, 4.69) is 5.32 Å². The van der Waals surface area contributed by atoms with Gasteiger partial charge in [-0.3, -0.25) is 9.59 Å². The Labute approximate surface area is 148 Å². The van der Waals surface area contributed by atoms with Crippen LogP contribution < -0.4 is 10.1 Å². The molecule has 0 fully saturated rings. The molecule has 0 aliphatic heterocycles. The number of carbonyl (C=O) groups is 2. The van der Waals surface area contributed by atoms with Gasteiger partial charge in [0.25, 0.3) is 5.91 Å². The Morgan fingerprint density at radius 2 is 1.52 bits per heavy atom. The highest BCUT2D eigenvalue weighted by atomic mass is 16.5. The summed E-state index contributed by atoms with van der Waals surface area (Å²) >= 11 is 0. The average molecular weight is 340 g/mol. The third-order valence-electron chi connectivity index (χ3n) is 3.77. The largest absolute Gasteiger partial charge is 0.481 e. The smallest absolute Gasteiger partial charge is 0.263 e. The van der Waals surface area contributed by atoms with E-state index in [-0.39, 0.29) is 18.4 Å². The molecule has 2 aromatic rings. The molecular weight excluding hydrogens is 316 g/mol. The maximum Gasteiger partial charge on any atom is 0.263 e. The fourth-order valence-electron chi connectivity index (χ4n) is 2.31. The predicted octanol–water partition coefficient (Wildman–Crippen LogP) is 3.17. The van der Waals surface area contributed by atoms with E-state index in [4.69, 9.17) is 4.74 Å². The van der Waals surface area contributed by atoms with Crippen molar-refractivity contribution in [2.45, 2.75) is 26.9 Å². The molecule has 2 aromatic carbocycles. The molecule has 2 rings (SSSR count). The molecule has 0 aromatic heterocycles. The van der Waals surface area contributed by atoms with Crippen LogP contribution in [-0.4, -0.2) is 36.4 Å². The predicted molar refractivity (Wildman–Crippen MR) is 98.7 cm³/mol. The average Bonchev–Trinajstić information content (AvgIpc) is 2.58. The lowest BCUT2D eigenvalue weighted by Gasteiger charge is -2.21. The Morgan fingerprint density at radius 1 is 1.00 bits per heavy atom.